The molecule has 3 rings (SSSR count). The summed E-state index contributed by atoms with van der Waals surface area (Å²) in [7, 11) is 1.89. The van der Waals surface area contributed by atoms with Crippen molar-refractivity contribution in [1.29, 1.82) is 0 Å². The zero-order valence-electron chi connectivity index (χ0n) is 14.0. The predicted molar refractivity (Wildman–Crippen MR) is 97.1 cm³/mol. The zero-order chi connectivity index (χ0) is 17.4. The van der Waals surface area contributed by atoms with Crippen molar-refractivity contribution >= 4 is 45.2 Å². The van der Waals surface area contributed by atoms with Crippen molar-refractivity contribution in [2.45, 2.75) is 32.2 Å². The molecule has 0 aliphatic carbocycles. The number of carboxylic acids is 1. The number of amides is 1. The Kier molecular flexibility index (Phi) is 4.87. The summed E-state index contributed by atoms with van der Waals surface area (Å²) in [5.41, 5.74) is 0.999. The molecule has 130 valence electrons. The van der Waals surface area contributed by atoms with E-state index < -0.39 is 5.97 Å². The molecule has 1 atom stereocenters. The van der Waals surface area contributed by atoms with Gasteiger partial charge in [-0.1, -0.05) is 13.8 Å². The monoisotopic (exact) mass is 367 g/mol. The van der Waals surface area contributed by atoms with Gasteiger partial charge in [0.1, 0.15) is 4.83 Å². The number of carboxylic acid groups (broad SMARTS) is 1. The molecule has 1 fully saturated rings. The van der Waals surface area contributed by atoms with Crippen LogP contribution in [0.25, 0.3) is 10.2 Å². The molecule has 2 aromatic heterocycles. The van der Waals surface area contributed by atoms with Crippen molar-refractivity contribution in [3.05, 3.63) is 16.6 Å². The molecule has 1 amide bonds. The van der Waals surface area contributed by atoms with Crippen LogP contribution in [0.5, 0.6) is 0 Å². The number of hydrogen-bond acceptors (Lipinski definition) is 5. The van der Waals surface area contributed by atoms with E-state index >= 15 is 0 Å². The van der Waals surface area contributed by atoms with Gasteiger partial charge in [-0.05, 0) is 12.0 Å². The van der Waals surface area contributed by atoms with Crippen LogP contribution in [0.1, 0.15) is 41.6 Å². The Hall–Kier alpha value is -1.54. The highest BCUT2D eigenvalue weighted by molar-refractivity contribution is 7.99. The summed E-state index contributed by atoms with van der Waals surface area (Å²) in [6, 6.07) is 1.69. The number of rotatable bonds is 4. The molecular formula is C16H21N3O3S2. The van der Waals surface area contributed by atoms with E-state index in [-0.39, 0.29) is 24.3 Å². The first-order chi connectivity index (χ1) is 11.4. The molecular weight excluding hydrogens is 346 g/mol. The van der Waals surface area contributed by atoms with Gasteiger partial charge in [-0.2, -0.15) is 16.9 Å². The molecule has 6 nitrogen and oxygen atoms in total. The molecule has 0 radical (unpaired) electrons. The van der Waals surface area contributed by atoms with Crippen LogP contribution in [0.15, 0.2) is 6.07 Å². The van der Waals surface area contributed by atoms with Crippen molar-refractivity contribution in [3.8, 4) is 0 Å². The van der Waals surface area contributed by atoms with E-state index in [1.165, 1.54) is 11.3 Å². The number of carbonyl (C=O) groups excluding carboxylic acids is 1. The van der Waals surface area contributed by atoms with Crippen LogP contribution in [-0.4, -0.2) is 55.8 Å². The second-order valence-corrected chi connectivity index (χ2v) is 8.50. The maximum Gasteiger partial charge on any atom is 0.305 e. The second kappa shape index (κ2) is 6.76. The van der Waals surface area contributed by atoms with E-state index in [9.17, 15) is 9.59 Å². The fourth-order valence-corrected chi connectivity index (χ4v) is 5.13. The summed E-state index contributed by atoms with van der Waals surface area (Å²) in [5, 5.41) is 14.7. The minimum atomic E-state index is -0.858. The molecule has 1 saturated heterocycles. The van der Waals surface area contributed by atoms with Gasteiger partial charge in [0.2, 0.25) is 0 Å². The number of aliphatic carboxylic acids is 1. The van der Waals surface area contributed by atoms with Crippen molar-refractivity contribution < 1.29 is 14.7 Å². The summed E-state index contributed by atoms with van der Waals surface area (Å²) in [6.45, 7) is 4.78. The molecule has 1 unspecified atom stereocenters. The van der Waals surface area contributed by atoms with Crippen LogP contribution in [0, 0.1) is 0 Å². The number of fused-ring (bicyclic) bond motifs is 1. The number of hydrogen-bond donors (Lipinski definition) is 1. The summed E-state index contributed by atoms with van der Waals surface area (Å²) in [5.74, 6) is 0.908. The van der Waals surface area contributed by atoms with E-state index in [1.54, 1.807) is 16.7 Å². The maximum absolute atomic E-state index is 13.0. The van der Waals surface area contributed by atoms with E-state index in [4.69, 9.17) is 5.11 Å². The van der Waals surface area contributed by atoms with Gasteiger partial charge in [-0.3, -0.25) is 14.3 Å². The van der Waals surface area contributed by atoms with Crippen LogP contribution in [0.3, 0.4) is 0 Å². The summed E-state index contributed by atoms with van der Waals surface area (Å²) >= 11 is 3.15. The van der Waals surface area contributed by atoms with Crippen molar-refractivity contribution in [2.75, 3.05) is 18.1 Å². The van der Waals surface area contributed by atoms with E-state index in [1.807, 2.05) is 17.8 Å². The van der Waals surface area contributed by atoms with Gasteiger partial charge in [0.15, 0.2) is 0 Å². The highest BCUT2D eigenvalue weighted by atomic mass is 32.2. The van der Waals surface area contributed by atoms with Crippen LogP contribution in [0.2, 0.25) is 0 Å². The van der Waals surface area contributed by atoms with Crippen molar-refractivity contribution in [1.82, 2.24) is 14.7 Å². The van der Waals surface area contributed by atoms with Crippen LogP contribution in [0.4, 0.5) is 0 Å². The topological polar surface area (TPSA) is 75.4 Å². The average molecular weight is 367 g/mol. The van der Waals surface area contributed by atoms with Gasteiger partial charge in [-0.25, -0.2) is 0 Å². The first-order valence-corrected chi connectivity index (χ1v) is 9.92. The Morgan fingerprint density at radius 1 is 1.46 bits per heavy atom. The predicted octanol–water partition coefficient (Wildman–Crippen LogP) is 2.79. The van der Waals surface area contributed by atoms with Gasteiger partial charge in [0, 0.05) is 30.5 Å². The average Bonchev–Trinajstić information content (AvgIpc) is 3.07. The van der Waals surface area contributed by atoms with E-state index in [2.05, 4.69) is 18.9 Å². The minimum Gasteiger partial charge on any atom is -0.481 e. The maximum atomic E-state index is 13.0. The van der Waals surface area contributed by atoms with Crippen LogP contribution >= 0.6 is 23.1 Å². The summed E-state index contributed by atoms with van der Waals surface area (Å²) in [4.78, 5) is 27.4. The molecule has 1 aliphatic heterocycles. The quantitative estimate of drug-likeness (QED) is 0.899. The zero-order valence-corrected chi connectivity index (χ0v) is 15.6. The van der Waals surface area contributed by atoms with E-state index in [0.717, 1.165) is 21.7 Å². The molecule has 24 heavy (non-hydrogen) atoms. The van der Waals surface area contributed by atoms with Gasteiger partial charge in [-0.15, -0.1) is 11.3 Å². The Morgan fingerprint density at radius 2 is 2.21 bits per heavy atom. The van der Waals surface area contributed by atoms with Gasteiger partial charge < -0.3 is 10.0 Å². The summed E-state index contributed by atoms with van der Waals surface area (Å²) < 4.78 is 1.83. The Labute approximate surface area is 148 Å². The number of thiophene rings is 1. The Bertz CT molecular complexity index is 781. The van der Waals surface area contributed by atoms with Gasteiger partial charge >= 0.3 is 5.97 Å². The normalized spacial score (nSPS) is 18.5. The highest BCUT2D eigenvalue weighted by Gasteiger charge is 2.31. The lowest BCUT2D eigenvalue weighted by molar-refractivity contribution is -0.138. The second-order valence-electron chi connectivity index (χ2n) is 6.32. The van der Waals surface area contributed by atoms with Gasteiger partial charge in [0.05, 0.1) is 23.0 Å². The number of aromatic nitrogens is 2. The summed E-state index contributed by atoms with van der Waals surface area (Å²) in [6.07, 6.45) is 0.00242. The highest BCUT2D eigenvalue weighted by Crippen LogP contribution is 2.33. The third kappa shape index (κ3) is 3.17. The number of carbonyl (C=O) groups is 2. The van der Waals surface area contributed by atoms with Crippen LogP contribution < -0.4 is 0 Å². The molecule has 1 aliphatic rings. The molecule has 0 spiro atoms. The Balaban J connectivity index is 1.92. The molecule has 0 aromatic carbocycles. The first-order valence-electron chi connectivity index (χ1n) is 7.95. The largest absolute Gasteiger partial charge is 0.481 e. The molecule has 0 bridgehead atoms. The lowest BCUT2D eigenvalue weighted by Crippen LogP contribution is -2.46. The molecule has 2 aromatic rings. The lowest BCUT2D eigenvalue weighted by Gasteiger charge is -2.34. The van der Waals surface area contributed by atoms with Gasteiger partial charge in [0.25, 0.3) is 5.91 Å². The minimum absolute atomic E-state index is 0.00242. The molecule has 1 N–H and O–H groups in total. The number of nitrogens with zero attached hydrogens (tertiary/aromatic N) is 3. The standard InChI is InChI=1S/C16H21N3O3S2/c1-9(2)14-11-7-12(24-16(11)18(3)17-14)15(22)19-4-5-23-8-10(19)6-13(20)21/h7,9-10H,4-6,8H2,1-3H3,(H,20,21). The SMILES string of the molecule is CC(C)c1nn(C)c2sc(C(=O)N3CCSCC3CC(=O)O)cc12. The molecule has 0 saturated carbocycles. The third-order valence-electron chi connectivity index (χ3n) is 4.20. The van der Waals surface area contributed by atoms with E-state index in [0.29, 0.717) is 17.2 Å². The first kappa shape index (κ1) is 17.3. The van der Waals surface area contributed by atoms with Crippen molar-refractivity contribution in [3.63, 3.8) is 0 Å². The lowest BCUT2D eigenvalue weighted by atomic mass is 10.1. The fraction of sp³-hybridized carbons (Fsp3) is 0.562. The number of aryl methyl sites for hydroxylation is 1. The fourth-order valence-electron chi connectivity index (χ4n) is 3.03. The van der Waals surface area contributed by atoms with Crippen LogP contribution in [-0.2, 0) is 11.8 Å². The third-order valence-corrected chi connectivity index (χ3v) is 6.48. The molecule has 3 heterocycles. The smallest absolute Gasteiger partial charge is 0.305 e. The van der Waals surface area contributed by atoms with Crippen molar-refractivity contribution in [2.24, 2.45) is 7.05 Å². The molecule has 8 heteroatoms. The number of thioether (sulfide) groups is 1. The Morgan fingerprint density at radius 3 is 2.88 bits per heavy atom.